The number of carbonyl (C=O) groups excluding carboxylic acids is 1. The molecule has 1 aromatic rings. The number of aromatic nitrogens is 1. The standard InChI is InChI=1S/C10H13NO3S/c1-4-13-9(12)8-11-7-6(15-8)5-14-10(7,2)3/h4-5H2,1-3H3. The molecule has 2 rings (SSSR count). The van der Waals surface area contributed by atoms with Gasteiger partial charge in [0.1, 0.15) is 5.60 Å². The summed E-state index contributed by atoms with van der Waals surface area (Å²) < 4.78 is 10.4. The lowest BCUT2D eigenvalue weighted by molar-refractivity contribution is -0.0100. The molecule has 5 heteroatoms. The van der Waals surface area contributed by atoms with Crippen LogP contribution in [-0.4, -0.2) is 17.6 Å². The van der Waals surface area contributed by atoms with E-state index in [1.165, 1.54) is 11.3 Å². The van der Waals surface area contributed by atoms with Gasteiger partial charge in [0.2, 0.25) is 5.01 Å². The van der Waals surface area contributed by atoms with Crippen LogP contribution in [-0.2, 0) is 21.7 Å². The molecule has 0 saturated heterocycles. The Morgan fingerprint density at radius 1 is 1.67 bits per heavy atom. The van der Waals surface area contributed by atoms with Crippen LogP contribution in [0.3, 0.4) is 0 Å². The van der Waals surface area contributed by atoms with Gasteiger partial charge in [-0.1, -0.05) is 0 Å². The average molecular weight is 227 g/mol. The first kappa shape index (κ1) is 10.6. The molecular weight excluding hydrogens is 214 g/mol. The maximum atomic E-state index is 11.4. The van der Waals surface area contributed by atoms with Gasteiger partial charge in [-0.3, -0.25) is 0 Å². The molecule has 0 aliphatic carbocycles. The van der Waals surface area contributed by atoms with E-state index in [0.29, 0.717) is 18.2 Å². The van der Waals surface area contributed by atoms with E-state index in [2.05, 4.69) is 4.98 Å². The second-order valence-corrected chi connectivity index (χ2v) is 4.89. The summed E-state index contributed by atoms with van der Waals surface area (Å²) in [7, 11) is 0. The van der Waals surface area contributed by atoms with E-state index >= 15 is 0 Å². The van der Waals surface area contributed by atoms with Crippen molar-refractivity contribution in [2.75, 3.05) is 6.61 Å². The van der Waals surface area contributed by atoms with Gasteiger partial charge in [0.25, 0.3) is 0 Å². The number of carbonyl (C=O) groups is 1. The number of thiazole rings is 1. The zero-order valence-corrected chi connectivity index (χ0v) is 9.81. The summed E-state index contributed by atoms with van der Waals surface area (Å²) in [5.41, 5.74) is 0.492. The predicted octanol–water partition coefficient (Wildman–Crippen LogP) is 2.09. The molecule has 0 saturated carbocycles. The van der Waals surface area contributed by atoms with Crippen LogP contribution < -0.4 is 0 Å². The van der Waals surface area contributed by atoms with Gasteiger partial charge in [-0.15, -0.1) is 11.3 Å². The van der Waals surface area contributed by atoms with Gasteiger partial charge < -0.3 is 9.47 Å². The predicted molar refractivity (Wildman–Crippen MR) is 55.9 cm³/mol. The minimum absolute atomic E-state index is 0.340. The molecule has 1 aliphatic heterocycles. The van der Waals surface area contributed by atoms with Gasteiger partial charge in [0.05, 0.1) is 23.8 Å². The van der Waals surface area contributed by atoms with E-state index in [0.717, 1.165) is 10.6 Å². The highest BCUT2D eigenvalue weighted by Crippen LogP contribution is 2.38. The summed E-state index contributed by atoms with van der Waals surface area (Å²) in [5, 5.41) is 0.429. The van der Waals surface area contributed by atoms with E-state index < -0.39 is 0 Å². The smallest absolute Gasteiger partial charge is 0.367 e. The lowest BCUT2D eigenvalue weighted by Crippen LogP contribution is -2.16. The van der Waals surface area contributed by atoms with E-state index in [-0.39, 0.29) is 11.6 Å². The summed E-state index contributed by atoms with van der Waals surface area (Å²) in [4.78, 5) is 16.8. The molecule has 4 nitrogen and oxygen atoms in total. The molecule has 0 unspecified atom stereocenters. The van der Waals surface area contributed by atoms with Crippen LogP contribution in [0.2, 0.25) is 0 Å². The molecular formula is C10H13NO3S. The number of fused-ring (bicyclic) bond motifs is 1. The third-order valence-electron chi connectivity index (χ3n) is 2.28. The van der Waals surface area contributed by atoms with Crippen LogP contribution in [0.5, 0.6) is 0 Å². The van der Waals surface area contributed by atoms with E-state index in [1.54, 1.807) is 6.92 Å². The van der Waals surface area contributed by atoms with Crippen molar-refractivity contribution < 1.29 is 14.3 Å². The van der Waals surface area contributed by atoms with Crippen molar-refractivity contribution in [1.82, 2.24) is 4.98 Å². The van der Waals surface area contributed by atoms with E-state index in [9.17, 15) is 4.79 Å². The summed E-state index contributed by atoms with van der Waals surface area (Å²) in [5.74, 6) is -0.340. The third-order valence-corrected chi connectivity index (χ3v) is 3.29. The van der Waals surface area contributed by atoms with Crippen LogP contribution in [0.25, 0.3) is 0 Å². The first-order valence-corrected chi connectivity index (χ1v) is 5.67. The Hall–Kier alpha value is -0.940. The maximum absolute atomic E-state index is 11.4. The Morgan fingerprint density at radius 2 is 2.40 bits per heavy atom. The molecule has 0 radical (unpaired) electrons. The van der Waals surface area contributed by atoms with Crippen molar-refractivity contribution in [3.63, 3.8) is 0 Å². The van der Waals surface area contributed by atoms with E-state index in [4.69, 9.17) is 9.47 Å². The highest BCUT2D eigenvalue weighted by Gasteiger charge is 2.36. The lowest BCUT2D eigenvalue weighted by atomic mass is 10.1. The largest absolute Gasteiger partial charge is 0.461 e. The lowest BCUT2D eigenvalue weighted by Gasteiger charge is -2.15. The van der Waals surface area contributed by atoms with Crippen LogP contribution in [0, 0.1) is 0 Å². The summed E-state index contributed by atoms with van der Waals surface area (Å²) in [6.45, 7) is 6.61. The topological polar surface area (TPSA) is 48.4 Å². The number of ether oxygens (including phenoxy) is 2. The van der Waals surface area contributed by atoms with Crippen LogP contribution >= 0.6 is 11.3 Å². The van der Waals surface area contributed by atoms with Crippen molar-refractivity contribution in [2.24, 2.45) is 0 Å². The molecule has 1 aromatic heterocycles. The van der Waals surface area contributed by atoms with E-state index in [1.807, 2.05) is 13.8 Å². The number of hydrogen-bond donors (Lipinski definition) is 0. The highest BCUT2D eigenvalue weighted by molar-refractivity contribution is 7.13. The molecule has 0 amide bonds. The fourth-order valence-corrected chi connectivity index (χ4v) is 2.53. The first-order valence-electron chi connectivity index (χ1n) is 4.86. The molecule has 2 heterocycles. The highest BCUT2D eigenvalue weighted by atomic mass is 32.1. The van der Waals surface area contributed by atoms with Crippen LogP contribution in [0.4, 0.5) is 0 Å². The van der Waals surface area contributed by atoms with Gasteiger partial charge >= 0.3 is 5.97 Å². The van der Waals surface area contributed by atoms with Crippen LogP contribution in [0.15, 0.2) is 0 Å². The van der Waals surface area contributed by atoms with Crippen molar-refractivity contribution >= 4 is 17.3 Å². The van der Waals surface area contributed by atoms with Gasteiger partial charge in [0.15, 0.2) is 0 Å². The molecule has 0 N–H and O–H groups in total. The molecule has 0 aromatic carbocycles. The molecule has 1 aliphatic rings. The molecule has 15 heavy (non-hydrogen) atoms. The Labute approximate surface area is 92.2 Å². The third kappa shape index (κ3) is 1.77. The number of rotatable bonds is 2. The van der Waals surface area contributed by atoms with Gasteiger partial charge in [0, 0.05) is 0 Å². The van der Waals surface area contributed by atoms with Crippen molar-refractivity contribution in [3.8, 4) is 0 Å². The zero-order chi connectivity index (χ0) is 11.1. The summed E-state index contributed by atoms with van der Waals surface area (Å²) in [6, 6.07) is 0. The van der Waals surface area contributed by atoms with Gasteiger partial charge in [-0.05, 0) is 20.8 Å². The minimum atomic E-state index is -0.378. The first-order chi connectivity index (χ1) is 7.04. The maximum Gasteiger partial charge on any atom is 0.367 e. The molecule has 82 valence electrons. The minimum Gasteiger partial charge on any atom is -0.461 e. The summed E-state index contributed by atoms with van der Waals surface area (Å²) in [6.07, 6.45) is 0. The summed E-state index contributed by atoms with van der Waals surface area (Å²) >= 11 is 1.36. The number of esters is 1. The number of nitrogens with zero attached hydrogens (tertiary/aromatic N) is 1. The molecule has 0 spiro atoms. The quantitative estimate of drug-likeness (QED) is 0.726. The van der Waals surface area contributed by atoms with Crippen molar-refractivity contribution in [2.45, 2.75) is 33.0 Å². The van der Waals surface area contributed by atoms with Crippen LogP contribution in [0.1, 0.15) is 41.1 Å². The fraction of sp³-hybridized carbons (Fsp3) is 0.600. The Kier molecular flexibility index (Phi) is 2.52. The van der Waals surface area contributed by atoms with Crippen molar-refractivity contribution in [1.29, 1.82) is 0 Å². The average Bonchev–Trinajstić information content (AvgIpc) is 2.68. The van der Waals surface area contributed by atoms with Gasteiger partial charge in [-0.2, -0.15) is 0 Å². The zero-order valence-electron chi connectivity index (χ0n) is 8.99. The monoisotopic (exact) mass is 227 g/mol. The molecule has 0 fully saturated rings. The Morgan fingerprint density at radius 3 is 3.00 bits per heavy atom. The fourth-order valence-electron chi connectivity index (χ4n) is 1.51. The second kappa shape index (κ2) is 3.57. The number of hydrogen-bond acceptors (Lipinski definition) is 5. The second-order valence-electron chi connectivity index (χ2n) is 3.81. The van der Waals surface area contributed by atoms with Crippen molar-refractivity contribution in [3.05, 3.63) is 15.6 Å². The Balaban J connectivity index is 2.29. The Bertz CT molecular complexity index is 397. The van der Waals surface area contributed by atoms with Gasteiger partial charge in [-0.25, -0.2) is 9.78 Å². The molecule has 0 atom stereocenters. The SMILES string of the molecule is CCOC(=O)c1nc2c(s1)COC2(C)C. The molecule has 0 bridgehead atoms. The normalized spacial score (nSPS) is 17.5.